The molecule has 5 nitrogen and oxygen atoms in total. The first-order valence-electron chi connectivity index (χ1n) is 11.7. The minimum atomic E-state index is -3.51. The fraction of sp³-hybridized carbons (Fsp3) is 0.560. The van der Waals surface area contributed by atoms with E-state index in [0.29, 0.717) is 30.3 Å². The molecule has 1 aromatic heterocycles. The Kier molecular flexibility index (Phi) is 6.55. The monoisotopic (exact) mass is 439 g/mol. The van der Waals surface area contributed by atoms with Crippen LogP contribution in [0.25, 0.3) is 0 Å². The molecule has 1 saturated carbocycles. The standard InChI is InChI=1S/C25H33N3O2S/c1-3-28-19(2)22(23(18-26)25(28)20-11-5-4-6-12-20)17-21-13-7-8-14-24(21)31(29,30)27-15-9-10-16-27/h7-8,13-14,20H,3-6,9-12,15-17H2,1-2H3. The first-order valence-corrected chi connectivity index (χ1v) is 13.1. The van der Waals surface area contributed by atoms with E-state index in [1.807, 2.05) is 12.1 Å². The Hall–Kier alpha value is -2.10. The highest BCUT2D eigenvalue weighted by Crippen LogP contribution is 2.39. The first-order chi connectivity index (χ1) is 15.0. The van der Waals surface area contributed by atoms with Crippen molar-refractivity contribution in [1.82, 2.24) is 8.87 Å². The molecule has 0 N–H and O–H groups in total. The predicted octanol–water partition coefficient (Wildman–Crippen LogP) is 5.11. The van der Waals surface area contributed by atoms with Crippen LogP contribution in [0.1, 0.15) is 85.9 Å². The quantitative estimate of drug-likeness (QED) is 0.628. The summed E-state index contributed by atoms with van der Waals surface area (Å²) in [5.74, 6) is 0.430. The Labute approximate surface area is 186 Å². The summed E-state index contributed by atoms with van der Waals surface area (Å²) in [5, 5.41) is 10.2. The van der Waals surface area contributed by atoms with Crippen molar-refractivity contribution in [3.8, 4) is 6.07 Å². The third-order valence-corrected chi connectivity index (χ3v) is 9.13. The molecule has 0 spiro atoms. The van der Waals surface area contributed by atoms with Crippen LogP contribution in [0.3, 0.4) is 0 Å². The smallest absolute Gasteiger partial charge is 0.243 e. The molecule has 166 valence electrons. The molecule has 2 aliphatic rings. The first kappa shape index (κ1) is 22.1. The zero-order valence-corrected chi connectivity index (χ0v) is 19.5. The molecule has 6 heteroatoms. The molecule has 1 aliphatic heterocycles. The number of nitriles is 1. The van der Waals surface area contributed by atoms with Crippen LogP contribution in [-0.2, 0) is 23.0 Å². The van der Waals surface area contributed by atoms with Crippen LogP contribution in [0.2, 0.25) is 0 Å². The lowest BCUT2D eigenvalue weighted by Crippen LogP contribution is -2.28. The number of nitrogens with zero attached hydrogens (tertiary/aromatic N) is 3. The van der Waals surface area contributed by atoms with Crippen LogP contribution in [-0.4, -0.2) is 30.4 Å². The maximum atomic E-state index is 13.3. The van der Waals surface area contributed by atoms with Gasteiger partial charge in [-0.15, -0.1) is 0 Å². The van der Waals surface area contributed by atoms with Crippen LogP contribution in [0.15, 0.2) is 29.2 Å². The highest BCUT2D eigenvalue weighted by molar-refractivity contribution is 7.89. The van der Waals surface area contributed by atoms with Gasteiger partial charge in [0.2, 0.25) is 10.0 Å². The summed E-state index contributed by atoms with van der Waals surface area (Å²) in [6, 6.07) is 9.85. The number of aromatic nitrogens is 1. The summed E-state index contributed by atoms with van der Waals surface area (Å²) >= 11 is 0. The van der Waals surface area contributed by atoms with Gasteiger partial charge in [-0.05, 0) is 56.7 Å². The van der Waals surface area contributed by atoms with E-state index in [0.717, 1.165) is 54.6 Å². The van der Waals surface area contributed by atoms with Crippen molar-refractivity contribution in [2.75, 3.05) is 13.1 Å². The van der Waals surface area contributed by atoms with E-state index in [2.05, 4.69) is 24.5 Å². The van der Waals surface area contributed by atoms with Crippen LogP contribution in [0.4, 0.5) is 0 Å². The van der Waals surface area contributed by atoms with Crippen LogP contribution in [0, 0.1) is 18.3 Å². The van der Waals surface area contributed by atoms with Gasteiger partial charge in [-0.2, -0.15) is 9.57 Å². The molecule has 31 heavy (non-hydrogen) atoms. The summed E-state index contributed by atoms with van der Waals surface area (Å²) in [4.78, 5) is 0.392. The molecule has 1 aromatic carbocycles. The number of hydrogen-bond donors (Lipinski definition) is 0. The molecule has 2 fully saturated rings. The van der Waals surface area contributed by atoms with Crippen LogP contribution < -0.4 is 0 Å². The van der Waals surface area contributed by atoms with Crippen molar-refractivity contribution in [3.63, 3.8) is 0 Å². The predicted molar refractivity (Wildman–Crippen MR) is 123 cm³/mol. The summed E-state index contributed by atoms with van der Waals surface area (Å²) in [5.41, 5.74) is 4.84. The zero-order chi connectivity index (χ0) is 22.0. The van der Waals surface area contributed by atoms with E-state index >= 15 is 0 Å². The van der Waals surface area contributed by atoms with Crippen LogP contribution >= 0.6 is 0 Å². The average Bonchev–Trinajstić information content (AvgIpc) is 3.42. The van der Waals surface area contributed by atoms with Crippen molar-refractivity contribution in [2.45, 2.75) is 82.6 Å². The Balaban J connectivity index is 1.77. The minimum absolute atomic E-state index is 0.392. The van der Waals surface area contributed by atoms with Gasteiger partial charge in [0.05, 0.1) is 10.5 Å². The fourth-order valence-corrected chi connectivity index (χ4v) is 7.26. The van der Waals surface area contributed by atoms with Gasteiger partial charge in [-0.1, -0.05) is 37.5 Å². The number of benzene rings is 1. The van der Waals surface area contributed by atoms with E-state index in [1.165, 1.54) is 25.0 Å². The third kappa shape index (κ3) is 4.06. The van der Waals surface area contributed by atoms with E-state index in [1.54, 1.807) is 16.4 Å². The molecule has 0 atom stereocenters. The van der Waals surface area contributed by atoms with E-state index in [9.17, 15) is 13.7 Å². The van der Waals surface area contributed by atoms with Crippen molar-refractivity contribution in [3.05, 3.63) is 52.3 Å². The van der Waals surface area contributed by atoms with Gasteiger partial charge < -0.3 is 4.57 Å². The molecule has 0 unspecified atom stereocenters. The summed E-state index contributed by atoms with van der Waals surface area (Å²) < 4.78 is 30.5. The SMILES string of the molecule is CCn1c(C)c(Cc2ccccc2S(=O)(=O)N2CCCC2)c(C#N)c1C1CCCCC1. The second kappa shape index (κ2) is 9.18. The lowest BCUT2D eigenvalue weighted by Gasteiger charge is -2.24. The van der Waals surface area contributed by atoms with Crippen molar-refractivity contribution < 1.29 is 8.42 Å². The van der Waals surface area contributed by atoms with Gasteiger partial charge in [0.1, 0.15) is 6.07 Å². The van der Waals surface area contributed by atoms with Crippen molar-refractivity contribution in [1.29, 1.82) is 5.26 Å². The van der Waals surface area contributed by atoms with Gasteiger partial charge in [0.25, 0.3) is 0 Å². The molecule has 1 saturated heterocycles. The molecular weight excluding hydrogens is 406 g/mol. The number of rotatable bonds is 6. The maximum absolute atomic E-state index is 13.3. The second-order valence-electron chi connectivity index (χ2n) is 8.91. The zero-order valence-electron chi connectivity index (χ0n) is 18.7. The molecular formula is C25H33N3O2S. The molecule has 1 aliphatic carbocycles. The van der Waals surface area contributed by atoms with Gasteiger partial charge in [-0.25, -0.2) is 8.42 Å². The van der Waals surface area contributed by atoms with Gasteiger partial charge >= 0.3 is 0 Å². The van der Waals surface area contributed by atoms with Gasteiger partial charge in [0, 0.05) is 43.4 Å². The molecule has 2 heterocycles. The molecule has 0 radical (unpaired) electrons. The van der Waals surface area contributed by atoms with Gasteiger partial charge in [-0.3, -0.25) is 0 Å². The number of hydrogen-bond acceptors (Lipinski definition) is 3. The molecule has 0 amide bonds. The molecule has 4 rings (SSSR count). The summed E-state index contributed by atoms with van der Waals surface area (Å²) in [6.07, 6.45) is 8.30. The molecule has 0 bridgehead atoms. The number of sulfonamides is 1. The summed E-state index contributed by atoms with van der Waals surface area (Å²) in [7, 11) is -3.51. The van der Waals surface area contributed by atoms with Crippen molar-refractivity contribution >= 4 is 10.0 Å². The fourth-order valence-electron chi connectivity index (χ4n) is 5.52. The lowest BCUT2D eigenvalue weighted by atomic mass is 9.85. The Morgan fingerprint density at radius 1 is 1.06 bits per heavy atom. The van der Waals surface area contributed by atoms with E-state index in [4.69, 9.17) is 0 Å². The topological polar surface area (TPSA) is 66.1 Å². The van der Waals surface area contributed by atoms with Crippen molar-refractivity contribution in [2.24, 2.45) is 0 Å². The Morgan fingerprint density at radius 2 is 1.74 bits per heavy atom. The highest BCUT2D eigenvalue weighted by atomic mass is 32.2. The van der Waals surface area contributed by atoms with Gasteiger partial charge in [0.15, 0.2) is 0 Å². The average molecular weight is 440 g/mol. The summed E-state index contributed by atoms with van der Waals surface area (Å²) in [6.45, 7) is 6.24. The normalized spacial score (nSPS) is 18.4. The Morgan fingerprint density at radius 3 is 2.39 bits per heavy atom. The third-order valence-electron chi connectivity index (χ3n) is 7.13. The molecule has 2 aromatic rings. The lowest BCUT2D eigenvalue weighted by molar-refractivity contribution is 0.423. The minimum Gasteiger partial charge on any atom is -0.347 e. The van der Waals surface area contributed by atoms with E-state index < -0.39 is 10.0 Å². The highest BCUT2D eigenvalue weighted by Gasteiger charge is 2.31. The largest absolute Gasteiger partial charge is 0.347 e. The maximum Gasteiger partial charge on any atom is 0.243 e. The van der Waals surface area contributed by atoms with Crippen LogP contribution in [0.5, 0.6) is 0 Å². The Bertz CT molecular complexity index is 1080. The van der Waals surface area contributed by atoms with E-state index in [-0.39, 0.29) is 0 Å². The second-order valence-corrected chi connectivity index (χ2v) is 10.8.